The molecule has 0 unspecified atom stereocenters. The van der Waals surface area contributed by atoms with Crippen molar-refractivity contribution in [3.63, 3.8) is 0 Å². The summed E-state index contributed by atoms with van der Waals surface area (Å²) in [5, 5.41) is 0. The third-order valence-electron chi connectivity index (χ3n) is 1.34. The Morgan fingerprint density at radius 1 is 1.42 bits per heavy atom. The molecule has 0 bridgehead atoms. The average molecular weight is 168 g/mol. The number of hydrogen-bond acceptors (Lipinski definition) is 1. The van der Waals surface area contributed by atoms with Crippen LogP contribution in [-0.2, 0) is 6.54 Å². The first-order valence-electron chi connectivity index (χ1n) is 4.67. The van der Waals surface area contributed by atoms with E-state index in [0.717, 1.165) is 12.2 Å². The fraction of sp³-hybridized carbons (Fsp3) is 0.700. The van der Waals surface area contributed by atoms with E-state index in [0.29, 0.717) is 5.92 Å². The molecule has 0 atom stereocenters. The molecular weight excluding hydrogens is 148 g/mol. The maximum absolute atomic E-state index is 4.13. The lowest BCUT2D eigenvalue weighted by atomic mass is 10.2. The predicted octanol–water partition coefficient (Wildman–Crippen LogP) is 2.87. The summed E-state index contributed by atoms with van der Waals surface area (Å²) in [5.41, 5.74) is 1.10. The van der Waals surface area contributed by atoms with Crippen molar-refractivity contribution in [3.05, 3.63) is 18.2 Å². The lowest BCUT2D eigenvalue weighted by Crippen LogP contribution is -2.00. The number of imidazole rings is 1. The summed E-state index contributed by atoms with van der Waals surface area (Å²) in [7, 11) is 0. The van der Waals surface area contributed by atoms with E-state index in [9.17, 15) is 0 Å². The van der Waals surface area contributed by atoms with Crippen molar-refractivity contribution in [1.82, 2.24) is 9.55 Å². The van der Waals surface area contributed by atoms with Gasteiger partial charge in [-0.15, -0.1) is 0 Å². The number of hydrogen-bond donors (Lipinski definition) is 0. The van der Waals surface area contributed by atoms with E-state index < -0.39 is 0 Å². The maximum Gasteiger partial charge on any atom is 0.0949 e. The van der Waals surface area contributed by atoms with E-state index in [4.69, 9.17) is 0 Å². The zero-order valence-electron chi connectivity index (χ0n) is 8.83. The summed E-state index contributed by atoms with van der Waals surface area (Å²) < 4.78 is 2.12. The third-order valence-corrected chi connectivity index (χ3v) is 1.34. The second-order valence-corrected chi connectivity index (χ2v) is 3.11. The summed E-state index contributed by atoms with van der Waals surface area (Å²) >= 11 is 0. The highest BCUT2D eigenvalue weighted by Crippen LogP contribution is 1.99. The fourth-order valence-electron chi connectivity index (χ4n) is 0.993. The first-order chi connectivity index (χ1) is 5.68. The van der Waals surface area contributed by atoms with Crippen molar-refractivity contribution in [2.45, 2.75) is 41.2 Å². The second-order valence-electron chi connectivity index (χ2n) is 3.11. The molecule has 0 aliphatic heterocycles. The van der Waals surface area contributed by atoms with Crippen LogP contribution in [0.1, 0.15) is 33.4 Å². The van der Waals surface area contributed by atoms with Crippen LogP contribution in [0.3, 0.4) is 0 Å². The summed E-state index contributed by atoms with van der Waals surface area (Å²) in [6, 6.07) is 0. The van der Waals surface area contributed by atoms with E-state index in [-0.39, 0.29) is 0 Å². The highest BCUT2D eigenvalue weighted by atomic mass is 15.0. The van der Waals surface area contributed by atoms with Gasteiger partial charge in [0.25, 0.3) is 0 Å². The molecule has 2 nitrogen and oxygen atoms in total. The zero-order valence-corrected chi connectivity index (χ0v) is 8.83. The van der Waals surface area contributed by atoms with Crippen LogP contribution in [0, 0.1) is 12.8 Å². The molecule has 70 valence electrons. The molecule has 1 aromatic heterocycles. The van der Waals surface area contributed by atoms with Gasteiger partial charge in [0, 0.05) is 12.7 Å². The molecule has 0 aromatic carbocycles. The van der Waals surface area contributed by atoms with E-state index in [2.05, 4.69) is 29.6 Å². The minimum absolute atomic E-state index is 0.702. The van der Waals surface area contributed by atoms with Gasteiger partial charge in [0.05, 0.1) is 12.0 Å². The van der Waals surface area contributed by atoms with Crippen LogP contribution in [0.25, 0.3) is 0 Å². The molecule has 0 amide bonds. The molecule has 0 aliphatic rings. The second kappa shape index (κ2) is 5.81. The van der Waals surface area contributed by atoms with Crippen molar-refractivity contribution < 1.29 is 0 Å². The first-order valence-corrected chi connectivity index (χ1v) is 4.67. The molecule has 0 aliphatic carbocycles. The molecule has 1 aromatic rings. The molecular formula is C10H20N2. The Balaban J connectivity index is 0.000000561. The predicted molar refractivity (Wildman–Crippen MR) is 53.2 cm³/mol. The van der Waals surface area contributed by atoms with Gasteiger partial charge in [0.15, 0.2) is 0 Å². The van der Waals surface area contributed by atoms with Gasteiger partial charge in [0.2, 0.25) is 0 Å². The topological polar surface area (TPSA) is 17.8 Å². The largest absolute Gasteiger partial charge is 0.337 e. The van der Waals surface area contributed by atoms with E-state index >= 15 is 0 Å². The molecule has 1 rings (SSSR count). The SMILES string of the molecule is CC.Cc1cn(CC(C)C)cn1. The van der Waals surface area contributed by atoms with Gasteiger partial charge in [-0.1, -0.05) is 27.7 Å². The van der Waals surface area contributed by atoms with Crippen molar-refractivity contribution in [3.8, 4) is 0 Å². The van der Waals surface area contributed by atoms with Crippen LogP contribution in [-0.4, -0.2) is 9.55 Å². The lowest BCUT2D eigenvalue weighted by molar-refractivity contribution is 0.522. The normalized spacial score (nSPS) is 9.50. The number of aromatic nitrogens is 2. The summed E-state index contributed by atoms with van der Waals surface area (Å²) in [4.78, 5) is 4.13. The molecule has 0 N–H and O–H groups in total. The van der Waals surface area contributed by atoms with Crippen molar-refractivity contribution >= 4 is 0 Å². The first kappa shape index (κ1) is 11.2. The van der Waals surface area contributed by atoms with Crippen LogP contribution >= 0.6 is 0 Å². The van der Waals surface area contributed by atoms with E-state index in [1.165, 1.54) is 0 Å². The molecule has 12 heavy (non-hydrogen) atoms. The van der Waals surface area contributed by atoms with Gasteiger partial charge in [-0.3, -0.25) is 0 Å². The van der Waals surface area contributed by atoms with Crippen LogP contribution in [0.5, 0.6) is 0 Å². The standard InChI is InChI=1S/C8H14N2.C2H6/c1-7(2)4-10-5-8(3)9-6-10;1-2/h5-7H,4H2,1-3H3;1-2H3. The van der Waals surface area contributed by atoms with Crippen molar-refractivity contribution in [1.29, 1.82) is 0 Å². The number of rotatable bonds is 2. The highest BCUT2D eigenvalue weighted by molar-refractivity contribution is 4.91. The Morgan fingerprint density at radius 3 is 2.33 bits per heavy atom. The fourth-order valence-corrected chi connectivity index (χ4v) is 0.993. The maximum atomic E-state index is 4.13. The van der Waals surface area contributed by atoms with Crippen molar-refractivity contribution in [2.24, 2.45) is 5.92 Å². The summed E-state index contributed by atoms with van der Waals surface area (Å²) in [6.07, 6.45) is 3.95. The summed E-state index contributed by atoms with van der Waals surface area (Å²) in [6.45, 7) is 11.5. The Hall–Kier alpha value is -0.790. The van der Waals surface area contributed by atoms with Crippen LogP contribution in [0.15, 0.2) is 12.5 Å². The van der Waals surface area contributed by atoms with Gasteiger partial charge < -0.3 is 4.57 Å². The Labute approximate surface area is 75.6 Å². The molecule has 0 spiro atoms. The Bertz CT molecular complexity index is 201. The molecule has 0 saturated heterocycles. The molecule has 1 heterocycles. The Kier molecular flexibility index (Phi) is 5.43. The lowest BCUT2D eigenvalue weighted by Gasteiger charge is -2.03. The van der Waals surface area contributed by atoms with Gasteiger partial charge >= 0.3 is 0 Å². The average Bonchev–Trinajstić information content (AvgIpc) is 2.39. The monoisotopic (exact) mass is 168 g/mol. The zero-order chi connectivity index (χ0) is 9.56. The van der Waals surface area contributed by atoms with Crippen molar-refractivity contribution in [2.75, 3.05) is 0 Å². The van der Waals surface area contributed by atoms with Crippen LogP contribution in [0.4, 0.5) is 0 Å². The quantitative estimate of drug-likeness (QED) is 0.664. The number of aryl methyl sites for hydroxylation is 1. The summed E-state index contributed by atoms with van der Waals surface area (Å²) in [5.74, 6) is 0.702. The smallest absolute Gasteiger partial charge is 0.0949 e. The van der Waals surface area contributed by atoms with Crippen LogP contribution < -0.4 is 0 Å². The highest BCUT2D eigenvalue weighted by Gasteiger charge is 1.95. The van der Waals surface area contributed by atoms with E-state index in [1.807, 2.05) is 27.1 Å². The van der Waals surface area contributed by atoms with Crippen LogP contribution in [0.2, 0.25) is 0 Å². The Morgan fingerprint density at radius 2 is 2.00 bits per heavy atom. The van der Waals surface area contributed by atoms with Gasteiger partial charge in [-0.05, 0) is 12.8 Å². The van der Waals surface area contributed by atoms with Gasteiger partial charge in [-0.2, -0.15) is 0 Å². The number of nitrogens with zero attached hydrogens (tertiary/aromatic N) is 2. The molecule has 2 heteroatoms. The minimum Gasteiger partial charge on any atom is -0.337 e. The van der Waals surface area contributed by atoms with Gasteiger partial charge in [0.1, 0.15) is 0 Å². The molecule has 0 radical (unpaired) electrons. The molecule has 0 saturated carbocycles. The molecule has 0 fully saturated rings. The van der Waals surface area contributed by atoms with E-state index in [1.54, 1.807) is 0 Å². The third kappa shape index (κ3) is 4.16. The minimum atomic E-state index is 0.702. The van der Waals surface area contributed by atoms with Gasteiger partial charge in [-0.25, -0.2) is 4.98 Å².